The van der Waals surface area contributed by atoms with Gasteiger partial charge in [-0.3, -0.25) is 0 Å². The maximum absolute atomic E-state index is 6.46. The van der Waals surface area contributed by atoms with Gasteiger partial charge in [-0.1, -0.05) is 133 Å². The minimum atomic E-state index is 0.853. The molecule has 9 aromatic carbocycles. The second-order valence-corrected chi connectivity index (χ2v) is 14.1. The zero-order chi connectivity index (χ0) is 36.3. The van der Waals surface area contributed by atoms with Crippen LogP contribution in [0.25, 0.3) is 88.0 Å². The molecule has 55 heavy (non-hydrogen) atoms. The first-order chi connectivity index (χ1) is 27.2. The minimum Gasteiger partial charge on any atom is -0.456 e. The number of para-hydroxylation sites is 2. The Morgan fingerprint density at radius 1 is 0.291 bits per heavy atom. The van der Waals surface area contributed by atoms with Gasteiger partial charge in [0.2, 0.25) is 0 Å². The van der Waals surface area contributed by atoms with Crippen LogP contribution in [0, 0.1) is 0 Å². The Balaban J connectivity index is 1.10. The van der Waals surface area contributed by atoms with E-state index in [0.29, 0.717) is 0 Å². The van der Waals surface area contributed by atoms with Crippen molar-refractivity contribution < 1.29 is 8.83 Å². The maximum atomic E-state index is 6.46. The van der Waals surface area contributed by atoms with Crippen LogP contribution < -0.4 is 4.90 Å². The Hall–Kier alpha value is -7.36. The van der Waals surface area contributed by atoms with E-state index in [9.17, 15) is 0 Å². The normalized spacial score (nSPS) is 11.6. The van der Waals surface area contributed by atoms with Crippen molar-refractivity contribution in [3.8, 4) is 33.4 Å². The van der Waals surface area contributed by atoms with Crippen molar-refractivity contribution in [2.24, 2.45) is 0 Å². The number of anilines is 3. The van der Waals surface area contributed by atoms with E-state index in [1.165, 1.54) is 16.3 Å². The lowest BCUT2D eigenvalue weighted by Crippen LogP contribution is -2.11. The van der Waals surface area contributed by atoms with Crippen LogP contribution in [0.1, 0.15) is 0 Å². The number of fused-ring (bicyclic) bond motifs is 7. The largest absolute Gasteiger partial charge is 0.456 e. The first-order valence-electron chi connectivity index (χ1n) is 18.7. The van der Waals surface area contributed by atoms with Crippen molar-refractivity contribution in [1.82, 2.24) is 0 Å². The van der Waals surface area contributed by atoms with Gasteiger partial charge < -0.3 is 13.7 Å². The molecule has 0 saturated carbocycles. The molecule has 11 aromatic rings. The summed E-state index contributed by atoms with van der Waals surface area (Å²) in [6.07, 6.45) is 0. The molecule has 258 valence electrons. The summed E-state index contributed by atoms with van der Waals surface area (Å²) in [7, 11) is 0. The highest BCUT2D eigenvalue weighted by atomic mass is 16.3. The van der Waals surface area contributed by atoms with Gasteiger partial charge in [0.15, 0.2) is 0 Å². The standard InChI is InChI=1S/C52H33NO2/c1-2-11-36(12-3-1)43-27-22-39(38-19-18-34-10-4-5-13-37(34)30-38)31-48(43)53(42-26-29-47-45-15-7-9-17-50(45)55-52(47)33-42)41-24-20-35(21-25-41)40-23-28-46-44-14-6-8-16-49(44)54-51(46)32-40/h1-33H. The molecule has 0 radical (unpaired) electrons. The van der Waals surface area contributed by atoms with Crippen LogP contribution in [-0.4, -0.2) is 0 Å². The third-order valence-electron chi connectivity index (χ3n) is 10.9. The van der Waals surface area contributed by atoms with Gasteiger partial charge in [-0.25, -0.2) is 0 Å². The molecule has 0 bridgehead atoms. The summed E-state index contributed by atoms with van der Waals surface area (Å²) in [6, 6.07) is 71.2. The first kappa shape index (κ1) is 31.2. The van der Waals surface area contributed by atoms with Crippen LogP contribution in [-0.2, 0) is 0 Å². The van der Waals surface area contributed by atoms with Crippen LogP contribution in [0.4, 0.5) is 17.1 Å². The van der Waals surface area contributed by atoms with Gasteiger partial charge in [0, 0.05) is 44.5 Å². The molecule has 0 aliphatic rings. The van der Waals surface area contributed by atoms with Crippen molar-refractivity contribution in [1.29, 1.82) is 0 Å². The fraction of sp³-hybridized carbons (Fsp3) is 0. The van der Waals surface area contributed by atoms with E-state index in [1.54, 1.807) is 0 Å². The lowest BCUT2D eigenvalue weighted by atomic mass is 9.95. The third-order valence-corrected chi connectivity index (χ3v) is 10.9. The average molecular weight is 704 g/mol. The quantitative estimate of drug-likeness (QED) is 0.173. The average Bonchev–Trinajstić information content (AvgIpc) is 3.82. The zero-order valence-corrected chi connectivity index (χ0v) is 29.8. The Morgan fingerprint density at radius 3 is 1.58 bits per heavy atom. The van der Waals surface area contributed by atoms with Crippen LogP contribution in [0.3, 0.4) is 0 Å². The molecule has 0 saturated heterocycles. The van der Waals surface area contributed by atoms with E-state index in [1.807, 2.05) is 24.3 Å². The van der Waals surface area contributed by atoms with E-state index in [2.05, 4.69) is 181 Å². The molecule has 3 nitrogen and oxygen atoms in total. The number of hydrogen-bond acceptors (Lipinski definition) is 3. The van der Waals surface area contributed by atoms with Crippen molar-refractivity contribution in [3.63, 3.8) is 0 Å². The fourth-order valence-electron chi connectivity index (χ4n) is 8.12. The summed E-state index contributed by atoms with van der Waals surface area (Å²) in [5, 5.41) is 6.93. The second-order valence-electron chi connectivity index (χ2n) is 14.1. The molecule has 0 aliphatic heterocycles. The molecule has 0 N–H and O–H groups in total. The molecule has 0 atom stereocenters. The zero-order valence-electron chi connectivity index (χ0n) is 29.8. The third kappa shape index (κ3) is 5.36. The van der Waals surface area contributed by atoms with Crippen LogP contribution in [0.5, 0.6) is 0 Å². The Bertz CT molecular complexity index is 3210. The van der Waals surface area contributed by atoms with Crippen molar-refractivity contribution in [2.45, 2.75) is 0 Å². The molecular weight excluding hydrogens is 671 g/mol. The number of rotatable bonds is 6. The van der Waals surface area contributed by atoms with Gasteiger partial charge >= 0.3 is 0 Å². The summed E-state index contributed by atoms with van der Waals surface area (Å²) in [6.45, 7) is 0. The highest BCUT2D eigenvalue weighted by Crippen LogP contribution is 2.45. The van der Waals surface area contributed by atoms with Crippen LogP contribution >= 0.6 is 0 Å². The smallest absolute Gasteiger partial charge is 0.137 e. The lowest BCUT2D eigenvalue weighted by Gasteiger charge is -2.29. The molecule has 0 fully saturated rings. The molecular formula is C52H33NO2. The van der Waals surface area contributed by atoms with Gasteiger partial charge in [-0.2, -0.15) is 0 Å². The monoisotopic (exact) mass is 703 g/mol. The van der Waals surface area contributed by atoms with Crippen molar-refractivity contribution in [2.75, 3.05) is 4.90 Å². The van der Waals surface area contributed by atoms with Crippen molar-refractivity contribution in [3.05, 3.63) is 200 Å². The van der Waals surface area contributed by atoms with E-state index in [4.69, 9.17) is 8.83 Å². The topological polar surface area (TPSA) is 29.5 Å². The van der Waals surface area contributed by atoms with Gasteiger partial charge in [-0.15, -0.1) is 0 Å². The number of hydrogen-bond donors (Lipinski definition) is 0. The number of benzene rings is 9. The van der Waals surface area contributed by atoms with Crippen LogP contribution in [0.2, 0.25) is 0 Å². The fourth-order valence-corrected chi connectivity index (χ4v) is 8.12. The van der Waals surface area contributed by atoms with E-state index < -0.39 is 0 Å². The maximum Gasteiger partial charge on any atom is 0.137 e. The van der Waals surface area contributed by atoms with Gasteiger partial charge in [0.1, 0.15) is 22.3 Å². The van der Waals surface area contributed by atoms with Crippen molar-refractivity contribution >= 4 is 71.7 Å². The summed E-state index contributed by atoms with van der Waals surface area (Å²) >= 11 is 0. The Labute approximate surface area is 317 Å². The molecule has 2 heterocycles. The Kier molecular flexibility index (Phi) is 7.17. The van der Waals surface area contributed by atoms with Gasteiger partial charge in [0.05, 0.1) is 5.69 Å². The number of nitrogens with zero attached hydrogens (tertiary/aromatic N) is 1. The summed E-state index contributed by atoms with van der Waals surface area (Å²) in [5.74, 6) is 0. The van der Waals surface area contributed by atoms with E-state index >= 15 is 0 Å². The first-order valence-corrected chi connectivity index (χ1v) is 18.7. The summed E-state index contributed by atoms with van der Waals surface area (Å²) < 4.78 is 12.7. The van der Waals surface area contributed by atoms with E-state index in [0.717, 1.165) is 88.8 Å². The molecule has 0 amide bonds. The van der Waals surface area contributed by atoms with Gasteiger partial charge in [-0.05, 0) is 99.3 Å². The Morgan fingerprint density at radius 2 is 0.818 bits per heavy atom. The van der Waals surface area contributed by atoms with Crippen LogP contribution in [0.15, 0.2) is 209 Å². The second kappa shape index (κ2) is 12.6. The summed E-state index contributed by atoms with van der Waals surface area (Å²) in [5.41, 5.74) is 13.5. The highest BCUT2D eigenvalue weighted by molar-refractivity contribution is 6.07. The summed E-state index contributed by atoms with van der Waals surface area (Å²) in [4.78, 5) is 2.37. The highest BCUT2D eigenvalue weighted by Gasteiger charge is 2.21. The lowest BCUT2D eigenvalue weighted by molar-refractivity contribution is 0.668. The SMILES string of the molecule is c1ccc(-c2ccc(-c3ccc4ccccc4c3)cc2N(c2ccc(-c3ccc4c(c3)oc3ccccc34)cc2)c2ccc3c(c2)oc2ccccc23)cc1. The minimum absolute atomic E-state index is 0.853. The molecule has 3 heteroatoms. The predicted molar refractivity (Wildman–Crippen MR) is 229 cm³/mol. The molecule has 11 rings (SSSR count). The molecule has 0 spiro atoms. The molecule has 2 aromatic heterocycles. The predicted octanol–water partition coefficient (Wildman–Crippen LogP) is 15.1. The van der Waals surface area contributed by atoms with Gasteiger partial charge in [0.25, 0.3) is 0 Å². The number of furan rings is 2. The molecule has 0 unspecified atom stereocenters. The molecule has 0 aliphatic carbocycles. The van der Waals surface area contributed by atoms with E-state index in [-0.39, 0.29) is 0 Å².